The van der Waals surface area contributed by atoms with Gasteiger partial charge in [-0.1, -0.05) is 17.7 Å². The number of hydrogen-bond acceptors (Lipinski definition) is 4. The highest BCUT2D eigenvalue weighted by Gasteiger charge is 2.30. The quantitative estimate of drug-likeness (QED) is 0.697. The first-order valence-electron chi connectivity index (χ1n) is 10.1. The number of nitrogens with one attached hydrogen (secondary N) is 2. The van der Waals surface area contributed by atoms with Crippen molar-refractivity contribution in [2.24, 2.45) is 5.92 Å². The molecule has 4 rings (SSSR count). The number of aromatic nitrogens is 3. The number of H-pyrrole nitrogens is 1. The van der Waals surface area contributed by atoms with Crippen LogP contribution < -0.4 is 5.32 Å². The Morgan fingerprint density at radius 2 is 1.93 bits per heavy atom. The van der Waals surface area contributed by atoms with Gasteiger partial charge in [-0.05, 0) is 56.5 Å². The molecule has 0 spiro atoms. The maximum absolute atomic E-state index is 13.0. The zero-order valence-corrected chi connectivity index (χ0v) is 17.2. The number of carbonyl (C=O) groups is 2. The number of rotatable bonds is 4. The summed E-state index contributed by atoms with van der Waals surface area (Å²) >= 11 is 0. The average molecular weight is 403 g/mol. The van der Waals surface area contributed by atoms with Crippen LogP contribution in [0.3, 0.4) is 0 Å². The molecule has 0 radical (unpaired) electrons. The van der Waals surface area contributed by atoms with Crippen molar-refractivity contribution in [1.82, 2.24) is 20.1 Å². The van der Waals surface area contributed by atoms with E-state index < -0.39 is 0 Å². The number of carbonyl (C=O) groups excluding carboxylic acids is 2. The summed E-state index contributed by atoms with van der Waals surface area (Å²) in [7, 11) is 0. The molecule has 3 heterocycles. The number of benzene rings is 1. The minimum atomic E-state index is -0.231. The Morgan fingerprint density at radius 3 is 2.70 bits per heavy atom. The Balaban J connectivity index is 1.43. The summed E-state index contributed by atoms with van der Waals surface area (Å²) in [6.07, 6.45) is 4.94. The van der Waals surface area contributed by atoms with Crippen molar-refractivity contribution < 1.29 is 9.59 Å². The molecule has 1 aromatic carbocycles. The van der Waals surface area contributed by atoms with Gasteiger partial charge in [-0.25, -0.2) is 0 Å². The maximum atomic E-state index is 13.0. The molecule has 1 atom stereocenters. The third kappa shape index (κ3) is 4.25. The van der Waals surface area contributed by atoms with Gasteiger partial charge in [0.15, 0.2) is 0 Å². The third-order valence-corrected chi connectivity index (χ3v) is 5.50. The van der Waals surface area contributed by atoms with E-state index in [1.165, 1.54) is 0 Å². The van der Waals surface area contributed by atoms with Crippen molar-refractivity contribution in [2.75, 3.05) is 18.4 Å². The molecule has 1 aliphatic heterocycles. The Morgan fingerprint density at radius 1 is 1.13 bits per heavy atom. The van der Waals surface area contributed by atoms with Gasteiger partial charge in [-0.3, -0.25) is 19.7 Å². The van der Waals surface area contributed by atoms with Crippen LogP contribution in [0.4, 0.5) is 5.69 Å². The van der Waals surface area contributed by atoms with Crippen molar-refractivity contribution in [3.63, 3.8) is 0 Å². The number of hydrogen-bond donors (Lipinski definition) is 2. The molecule has 0 saturated carbocycles. The van der Waals surface area contributed by atoms with Crippen molar-refractivity contribution in [3.05, 3.63) is 65.6 Å². The number of amides is 2. The number of likely N-dealkylation sites (tertiary alicyclic amines) is 1. The lowest BCUT2D eigenvalue weighted by atomic mass is 9.96. The standard InChI is InChI=1S/C23H25N5O2/c1-15-5-6-19(16(2)12-15)25-22(29)18-4-3-11-28(14-18)23(30)21-13-20(26-27-21)17-7-9-24-10-8-17/h5-10,12-13,18H,3-4,11,14H2,1-2H3,(H,25,29)(H,26,27). The smallest absolute Gasteiger partial charge is 0.271 e. The SMILES string of the molecule is Cc1ccc(NC(=O)C2CCCN(C(=O)c3cc(-c4ccncc4)n[nH]3)C2)c(C)c1. The fraction of sp³-hybridized carbons (Fsp3) is 0.304. The molecule has 30 heavy (non-hydrogen) atoms. The minimum absolute atomic E-state index is 0.0402. The fourth-order valence-electron chi connectivity index (χ4n) is 3.84. The lowest BCUT2D eigenvalue weighted by molar-refractivity contribution is -0.121. The molecule has 2 N–H and O–H groups in total. The lowest BCUT2D eigenvalue weighted by Crippen LogP contribution is -2.44. The van der Waals surface area contributed by atoms with Crippen LogP contribution in [0.1, 0.15) is 34.5 Å². The van der Waals surface area contributed by atoms with E-state index in [2.05, 4.69) is 20.5 Å². The first-order chi connectivity index (χ1) is 14.5. The van der Waals surface area contributed by atoms with Gasteiger partial charge < -0.3 is 10.2 Å². The maximum Gasteiger partial charge on any atom is 0.271 e. The van der Waals surface area contributed by atoms with Gasteiger partial charge in [0.1, 0.15) is 5.69 Å². The van der Waals surface area contributed by atoms with Gasteiger partial charge in [-0.2, -0.15) is 5.10 Å². The van der Waals surface area contributed by atoms with Crippen LogP contribution >= 0.6 is 0 Å². The number of nitrogens with zero attached hydrogens (tertiary/aromatic N) is 3. The molecule has 1 unspecified atom stereocenters. The van der Waals surface area contributed by atoms with Crippen LogP contribution in [-0.4, -0.2) is 45.0 Å². The van der Waals surface area contributed by atoms with Gasteiger partial charge in [0.25, 0.3) is 5.91 Å². The van der Waals surface area contributed by atoms with E-state index in [0.717, 1.165) is 35.2 Å². The van der Waals surface area contributed by atoms with Crippen LogP contribution in [0.25, 0.3) is 11.3 Å². The number of pyridine rings is 1. The highest BCUT2D eigenvalue weighted by atomic mass is 16.2. The van der Waals surface area contributed by atoms with Gasteiger partial charge in [0, 0.05) is 36.7 Å². The van der Waals surface area contributed by atoms with E-state index in [1.807, 2.05) is 44.2 Å². The topological polar surface area (TPSA) is 91.0 Å². The molecular weight excluding hydrogens is 378 g/mol. The number of aromatic amines is 1. The molecule has 3 aromatic rings. The first-order valence-corrected chi connectivity index (χ1v) is 10.1. The predicted molar refractivity (Wildman–Crippen MR) is 115 cm³/mol. The molecule has 7 heteroatoms. The largest absolute Gasteiger partial charge is 0.337 e. The Labute approximate surface area is 175 Å². The molecule has 0 aliphatic carbocycles. The van der Waals surface area contributed by atoms with Gasteiger partial charge in [0.2, 0.25) is 5.91 Å². The number of aryl methyl sites for hydroxylation is 2. The van der Waals surface area contributed by atoms with Crippen molar-refractivity contribution in [1.29, 1.82) is 0 Å². The highest BCUT2D eigenvalue weighted by molar-refractivity contribution is 5.96. The second-order valence-electron chi connectivity index (χ2n) is 7.80. The van der Waals surface area contributed by atoms with Crippen molar-refractivity contribution in [2.45, 2.75) is 26.7 Å². The van der Waals surface area contributed by atoms with Crippen LogP contribution in [0.2, 0.25) is 0 Å². The van der Waals surface area contributed by atoms with E-state index in [4.69, 9.17) is 0 Å². The highest BCUT2D eigenvalue weighted by Crippen LogP contribution is 2.23. The molecule has 1 fully saturated rings. The summed E-state index contributed by atoms with van der Waals surface area (Å²) in [6.45, 7) is 5.05. The Kier molecular flexibility index (Phi) is 5.61. The minimum Gasteiger partial charge on any atom is -0.337 e. The van der Waals surface area contributed by atoms with Gasteiger partial charge in [-0.15, -0.1) is 0 Å². The predicted octanol–water partition coefficient (Wildman–Crippen LogP) is 3.58. The van der Waals surface area contributed by atoms with E-state index in [1.54, 1.807) is 23.4 Å². The summed E-state index contributed by atoms with van der Waals surface area (Å²) < 4.78 is 0. The Hall–Kier alpha value is -3.48. The lowest BCUT2D eigenvalue weighted by Gasteiger charge is -2.31. The van der Waals surface area contributed by atoms with E-state index in [9.17, 15) is 9.59 Å². The second-order valence-corrected chi connectivity index (χ2v) is 7.80. The molecule has 154 valence electrons. The fourth-order valence-corrected chi connectivity index (χ4v) is 3.84. The molecule has 1 aliphatic rings. The van der Waals surface area contributed by atoms with Gasteiger partial charge >= 0.3 is 0 Å². The summed E-state index contributed by atoms with van der Waals surface area (Å²) in [5.41, 5.74) is 5.03. The molecular formula is C23H25N5O2. The molecule has 2 amide bonds. The summed E-state index contributed by atoms with van der Waals surface area (Å²) in [6, 6.07) is 11.4. The zero-order chi connectivity index (χ0) is 21.1. The zero-order valence-electron chi connectivity index (χ0n) is 17.2. The third-order valence-electron chi connectivity index (χ3n) is 5.50. The molecule has 2 aromatic heterocycles. The number of anilines is 1. The van der Waals surface area contributed by atoms with Crippen molar-refractivity contribution >= 4 is 17.5 Å². The van der Waals surface area contributed by atoms with Crippen LogP contribution in [0, 0.1) is 19.8 Å². The summed E-state index contributed by atoms with van der Waals surface area (Å²) in [4.78, 5) is 31.5. The normalized spacial score (nSPS) is 16.3. The van der Waals surface area contributed by atoms with Crippen molar-refractivity contribution in [3.8, 4) is 11.3 Å². The Bertz CT molecular complexity index is 1060. The van der Waals surface area contributed by atoms with E-state index in [-0.39, 0.29) is 17.7 Å². The van der Waals surface area contributed by atoms with E-state index >= 15 is 0 Å². The average Bonchev–Trinajstić information content (AvgIpc) is 3.26. The van der Waals surface area contributed by atoms with E-state index in [0.29, 0.717) is 24.5 Å². The monoisotopic (exact) mass is 403 g/mol. The second kappa shape index (κ2) is 8.49. The summed E-state index contributed by atoms with van der Waals surface area (Å²) in [5.74, 6) is -0.403. The first kappa shape index (κ1) is 19.8. The summed E-state index contributed by atoms with van der Waals surface area (Å²) in [5, 5.41) is 10.1. The molecule has 7 nitrogen and oxygen atoms in total. The van der Waals surface area contributed by atoms with Crippen LogP contribution in [0.15, 0.2) is 48.8 Å². The molecule has 1 saturated heterocycles. The van der Waals surface area contributed by atoms with Crippen LogP contribution in [0.5, 0.6) is 0 Å². The molecule has 0 bridgehead atoms. The number of piperidine rings is 1. The van der Waals surface area contributed by atoms with Crippen LogP contribution in [-0.2, 0) is 4.79 Å². The van der Waals surface area contributed by atoms with Gasteiger partial charge in [0.05, 0.1) is 11.6 Å².